The number of hydrogen-bond donors (Lipinski definition) is 0. The van der Waals surface area contributed by atoms with E-state index in [9.17, 15) is 0 Å². The van der Waals surface area contributed by atoms with Gasteiger partial charge in [-0.25, -0.2) is 0 Å². The van der Waals surface area contributed by atoms with Crippen molar-refractivity contribution >= 4 is 11.8 Å². The fraction of sp³-hybridized carbons (Fsp3) is 0.556. The Morgan fingerprint density at radius 3 is 2.91 bits per heavy atom. The molecule has 0 bridgehead atoms. The largest absolute Gasteiger partial charge is 0.302 e. The molecular weight excluding hydrogens is 154 g/mol. The second-order valence-electron chi connectivity index (χ2n) is 2.98. The fourth-order valence-corrected chi connectivity index (χ4v) is 2.01. The van der Waals surface area contributed by atoms with Gasteiger partial charge in [0, 0.05) is 13.1 Å². The summed E-state index contributed by atoms with van der Waals surface area (Å²) < 4.78 is 0. The second kappa shape index (κ2) is 3.98. The molecule has 0 fully saturated rings. The van der Waals surface area contributed by atoms with E-state index in [0.29, 0.717) is 0 Å². The van der Waals surface area contributed by atoms with E-state index in [-0.39, 0.29) is 0 Å². The molecule has 0 aromatic heterocycles. The van der Waals surface area contributed by atoms with Crippen molar-refractivity contribution in [3.05, 3.63) is 22.5 Å². The molecule has 0 N–H and O–H groups in total. The zero-order valence-corrected chi connectivity index (χ0v) is 8.08. The molecule has 0 saturated heterocycles. The van der Waals surface area contributed by atoms with Crippen LogP contribution in [0.15, 0.2) is 22.5 Å². The Balaban J connectivity index is 2.61. The Morgan fingerprint density at radius 1 is 1.64 bits per heavy atom. The third-order valence-corrected chi connectivity index (χ3v) is 2.93. The Kier molecular flexibility index (Phi) is 3.21. The molecule has 2 heteroatoms. The van der Waals surface area contributed by atoms with Gasteiger partial charge in [0.15, 0.2) is 0 Å². The smallest absolute Gasteiger partial charge is 0.0198 e. The first-order valence-electron chi connectivity index (χ1n) is 3.88. The van der Waals surface area contributed by atoms with Gasteiger partial charge < -0.3 is 4.90 Å². The van der Waals surface area contributed by atoms with Gasteiger partial charge in [-0.15, -0.1) is 11.8 Å². The molecular formula is C9H15NS. The molecule has 0 aliphatic carbocycles. The Bertz CT molecular complexity index is 184. The molecule has 62 valence electrons. The summed E-state index contributed by atoms with van der Waals surface area (Å²) >= 11 is 1.78. The maximum absolute atomic E-state index is 3.72. The first-order chi connectivity index (χ1) is 5.24. The van der Waals surface area contributed by atoms with Gasteiger partial charge in [-0.2, -0.15) is 0 Å². The summed E-state index contributed by atoms with van der Waals surface area (Å²) in [6, 6.07) is 0. The molecule has 0 atom stereocenters. The number of likely N-dealkylation sites (N-methyl/N-ethyl adjacent to an activating group) is 1. The van der Waals surface area contributed by atoms with Gasteiger partial charge in [0.2, 0.25) is 0 Å². The standard InChI is InChI=1S/C9H15NS/c1-4-11-9-5-6-10(3)7-8(9)2/h4H,1,5-7H2,2-3H3. The minimum absolute atomic E-state index is 1.12. The van der Waals surface area contributed by atoms with Crippen molar-refractivity contribution in [3.8, 4) is 0 Å². The van der Waals surface area contributed by atoms with E-state index in [2.05, 4.69) is 25.5 Å². The van der Waals surface area contributed by atoms with Crippen LogP contribution >= 0.6 is 11.8 Å². The van der Waals surface area contributed by atoms with E-state index in [0.717, 1.165) is 6.54 Å². The van der Waals surface area contributed by atoms with Gasteiger partial charge >= 0.3 is 0 Å². The summed E-state index contributed by atoms with van der Waals surface area (Å²) in [6.45, 7) is 8.24. The van der Waals surface area contributed by atoms with Crippen LogP contribution in [0.3, 0.4) is 0 Å². The highest BCUT2D eigenvalue weighted by atomic mass is 32.2. The monoisotopic (exact) mass is 169 g/mol. The van der Waals surface area contributed by atoms with Gasteiger partial charge in [-0.05, 0) is 36.3 Å². The predicted octanol–water partition coefficient (Wildman–Crippen LogP) is 2.47. The van der Waals surface area contributed by atoms with Crippen molar-refractivity contribution in [1.29, 1.82) is 0 Å². The van der Waals surface area contributed by atoms with Crippen LogP contribution in [0.1, 0.15) is 13.3 Å². The van der Waals surface area contributed by atoms with Crippen LogP contribution in [-0.4, -0.2) is 25.0 Å². The molecule has 11 heavy (non-hydrogen) atoms. The van der Waals surface area contributed by atoms with Crippen molar-refractivity contribution < 1.29 is 0 Å². The first-order valence-corrected chi connectivity index (χ1v) is 4.76. The van der Waals surface area contributed by atoms with Crippen LogP contribution < -0.4 is 0 Å². The molecule has 0 saturated carbocycles. The van der Waals surface area contributed by atoms with Gasteiger partial charge in [0.05, 0.1) is 0 Å². The molecule has 0 aromatic carbocycles. The molecule has 1 aliphatic heterocycles. The van der Waals surface area contributed by atoms with E-state index >= 15 is 0 Å². The van der Waals surface area contributed by atoms with Crippen LogP contribution in [-0.2, 0) is 0 Å². The molecule has 0 radical (unpaired) electrons. The van der Waals surface area contributed by atoms with E-state index in [4.69, 9.17) is 0 Å². The summed E-state index contributed by atoms with van der Waals surface area (Å²) in [5, 5.41) is 1.92. The molecule has 1 heterocycles. The Labute approximate surface area is 73.2 Å². The lowest BCUT2D eigenvalue weighted by Gasteiger charge is -2.24. The van der Waals surface area contributed by atoms with Crippen molar-refractivity contribution in [2.24, 2.45) is 0 Å². The van der Waals surface area contributed by atoms with Crippen molar-refractivity contribution in [3.63, 3.8) is 0 Å². The highest BCUT2D eigenvalue weighted by molar-refractivity contribution is 8.05. The summed E-state index contributed by atoms with van der Waals surface area (Å²) in [6.07, 6.45) is 1.19. The third-order valence-electron chi connectivity index (χ3n) is 1.93. The summed E-state index contributed by atoms with van der Waals surface area (Å²) in [5.41, 5.74) is 1.50. The Hall–Kier alpha value is -0.210. The van der Waals surface area contributed by atoms with Crippen LogP contribution in [0.5, 0.6) is 0 Å². The quantitative estimate of drug-likeness (QED) is 0.624. The van der Waals surface area contributed by atoms with Crippen molar-refractivity contribution in [2.45, 2.75) is 13.3 Å². The molecule has 1 nitrogen and oxygen atoms in total. The van der Waals surface area contributed by atoms with Gasteiger partial charge in [0.25, 0.3) is 0 Å². The summed E-state index contributed by atoms with van der Waals surface area (Å²) in [4.78, 5) is 3.86. The molecule has 0 unspecified atom stereocenters. The van der Waals surface area contributed by atoms with E-state index < -0.39 is 0 Å². The van der Waals surface area contributed by atoms with Crippen molar-refractivity contribution in [2.75, 3.05) is 20.1 Å². The minimum atomic E-state index is 1.12. The predicted molar refractivity (Wildman–Crippen MR) is 52.6 cm³/mol. The topological polar surface area (TPSA) is 3.24 Å². The summed E-state index contributed by atoms with van der Waals surface area (Å²) in [7, 11) is 2.17. The average Bonchev–Trinajstić information content (AvgIpc) is 1.95. The van der Waals surface area contributed by atoms with E-state index in [1.807, 2.05) is 5.41 Å². The normalized spacial score (nSPS) is 20.5. The molecule has 1 rings (SSSR count). The number of rotatable bonds is 2. The molecule has 0 amide bonds. The number of thioether (sulfide) groups is 1. The summed E-state index contributed by atoms with van der Waals surface area (Å²) in [5.74, 6) is 0. The average molecular weight is 169 g/mol. The molecule has 1 aliphatic rings. The SMILES string of the molecule is C=CSC1=C(C)CN(C)CC1. The van der Waals surface area contributed by atoms with Gasteiger partial charge in [-0.3, -0.25) is 0 Å². The van der Waals surface area contributed by atoms with Crippen LogP contribution in [0.4, 0.5) is 0 Å². The van der Waals surface area contributed by atoms with Crippen LogP contribution in [0.2, 0.25) is 0 Å². The van der Waals surface area contributed by atoms with Crippen molar-refractivity contribution in [1.82, 2.24) is 4.90 Å². The lowest BCUT2D eigenvalue weighted by molar-refractivity contribution is 0.353. The maximum atomic E-state index is 3.72. The highest BCUT2D eigenvalue weighted by Gasteiger charge is 2.11. The number of nitrogens with zero attached hydrogens (tertiary/aromatic N) is 1. The highest BCUT2D eigenvalue weighted by Crippen LogP contribution is 2.27. The minimum Gasteiger partial charge on any atom is -0.302 e. The fourth-order valence-electron chi connectivity index (χ4n) is 1.34. The van der Waals surface area contributed by atoms with E-state index in [1.54, 1.807) is 11.8 Å². The number of hydrogen-bond acceptors (Lipinski definition) is 2. The van der Waals surface area contributed by atoms with Crippen LogP contribution in [0.25, 0.3) is 0 Å². The molecule has 0 aromatic rings. The van der Waals surface area contributed by atoms with E-state index in [1.165, 1.54) is 23.4 Å². The van der Waals surface area contributed by atoms with Gasteiger partial charge in [0.1, 0.15) is 0 Å². The van der Waals surface area contributed by atoms with Gasteiger partial charge in [-0.1, -0.05) is 6.58 Å². The first kappa shape index (κ1) is 8.88. The Morgan fingerprint density at radius 2 is 2.36 bits per heavy atom. The zero-order valence-electron chi connectivity index (χ0n) is 7.26. The van der Waals surface area contributed by atoms with Crippen LogP contribution in [0, 0.1) is 0 Å². The maximum Gasteiger partial charge on any atom is 0.0198 e. The second-order valence-corrected chi connectivity index (χ2v) is 4.04. The zero-order chi connectivity index (χ0) is 8.27. The lowest BCUT2D eigenvalue weighted by atomic mass is 10.1. The third kappa shape index (κ3) is 2.38. The molecule has 0 spiro atoms. The lowest BCUT2D eigenvalue weighted by Crippen LogP contribution is -2.26.